The van der Waals surface area contributed by atoms with Gasteiger partial charge in [0.15, 0.2) is 0 Å². The van der Waals surface area contributed by atoms with Gasteiger partial charge in [0.05, 0.1) is 29.0 Å². The van der Waals surface area contributed by atoms with E-state index in [1.807, 2.05) is 10.6 Å². The number of carbonyl (C=O) groups excluding carboxylic acids is 1. The molecule has 2 aromatic carbocycles. The molecule has 1 fully saturated rings. The third kappa shape index (κ3) is 2.46. The molecule has 1 amide bonds. The number of aromatic nitrogens is 2. The Morgan fingerprint density at radius 1 is 1.32 bits per heavy atom. The predicted octanol–water partition coefficient (Wildman–Crippen LogP) is 3.12. The lowest BCUT2D eigenvalue weighted by Gasteiger charge is -2.39. The van der Waals surface area contributed by atoms with Crippen LogP contribution in [0.3, 0.4) is 0 Å². The molecule has 0 radical (unpaired) electrons. The summed E-state index contributed by atoms with van der Waals surface area (Å²) in [5.41, 5.74) is 2.37. The van der Waals surface area contributed by atoms with E-state index >= 15 is 0 Å². The smallest absolute Gasteiger partial charge is 0.246 e. The van der Waals surface area contributed by atoms with E-state index in [0.29, 0.717) is 24.2 Å². The van der Waals surface area contributed by atoms with Gasteiger partial charge in [-0.3, -0.25) is 4.79 Å². The number of imidazole rings is 1. The number of fused-ring (bicyclic) bond motifs is 1. The van der Waals surface area contributed by atoms with Crippen molar-refractivity contribution >= 4 is 16.9 Å². The zero-order chi connectivity index (χ0) is 17.6. The third-order valence-electron chi connectivity index (χ3n) is 4.60. The Morgan fingerprint density at radius 2 is 2.12 bits per heavy atom. The molecule has 126 valence electrons. The zero-order valence-corrected chi connectivity index (χ0v) is 13.4. The van der Waals surface area contributed by atoms with E-state index in [2.05, 4.69) is 11.6 Å². The van der Waals surface area contributed by atoms with Crippen molar-refractivity contribution in [2.75, 3.05) is 13.1 Å². The number of benzene rings is 2. The maximum Gasteiger partial charge on any atom is 0.246 e. The van der Waals surface area contributed by atoms with Crippen LogP contribution in [0.4, 0.5) is 4.39 Å². The number of amides is 1. The second kappa shape index (κ2) is 5.73. The Hall–Kier alpha value is -3.15. The molecule has 0 unspecified atom stereocenters. The summed E-state index contributed by atoms with van der Waals surface area (Å²) in [6.07, 6.45) is 3.05. The average Bonchev–Trinajstić information content (AvgIpc) is 2.96. The largest absolute Gasteiger partial charge is 0.507 e. The van der Waals surface area contributed by atoms with Gasteiger partial charge in [0.25, 0.3) is 0 Å². The number of halogens is 1. The summed E-state index contributed by atoms with van der Waals surface area (Å²) in [6.45, 7) is 4.73. The maximum absolute atomic E-state index is 14.1. The second-order valence-electron chi connectivity index (χ2n) is 6.09. The average molecular weight is 337 g/mol. The summed E-state index contributed by atoms with van der Waals surface area (Å²) in [4.78, 5) is 17.7. The van der Waals surface area contributed by atoms with Crippen LogP contribution in [-0.4, -0.2) is 38.6 Å². The minimum absolute atomic E-state index is 0.0713. The lowest BCUT2D eigenvalue weighted by atomic mass is 10.0. The minimum Gasteiger partial charge on any atom is -0.507 e. The standard InChI is InChI=1S/C19H16FN3O2/c1-2-18(25)22-9-13(10-22)23-11-21-15-8-12(6-7-16(15)23)19-14(20)4-3-5-17(19)24/h2-8,11,13,24H,1,9-10H2. The number of carbonyl (C=O) groups is 1. The van der Waals surface area contributed by atoms with Crippen LogP contribution in [0.15, 0.2) is 55.4 Å². The summed E-state index contributed by atoms with van der Waals surface area (Å²) in [5, 5.41) is 9.95. The van der Waals surface area contributed by atoms with Gasteiger partial charge >= 0.3 is 0 Å². The van der Waals surface area contributed by atoms with Crippen LogP contribution in [0.25, 0.3) is 22.2 Å². The summed E-state index contributed by atoms with van der Waals surface area (Å²) < 4.78 is 16.1. The van der Waals surface area contributed by atoms with Gasteiger partial charge in [0.1, 0.15) is 11.6 Å². The van der Waals surface area contributed by atoms with E-state index in [4.69, 9.17) is 0 Å². The summed E-state index contributed by atoms with van der Waals surface area (Å²) in [7, 11) is 0. The number of phenolic OH excluding ortho intramolecular Hbond substituents is 1. The van der Waals surface area contributed by atoms with Crippen LogP contribution in [-0.2, 0) is 4.79 Å². The van der Waals surface area contributed by atoms with E-state index in [9.17, 15) is 14.3 Å². The highest BCUT2D eigenvalue weighted by molar-refractivity contribution is 5.88. The van der Waals surface area contributed by atoms with Crippen molar-refractivity contribution in [2.24, 2.45) is 0 Å². The minimum atomic E-state index is -0.476. The fraction of sp³-hybridized carbons (Fsp3) is 0.158. The van der Waals surface area contributed by atoms with Gasteiger partial charge in [-0.05, 0) is 35.9 Å². The first kappa shape index (κ1) is 15.4. The fourth-order valence-electron chi connectivity index (χ4n) is 3.22. The molecule has 1 aromatic heterocycles. The van der Waals surface area contributed by atoms with Gasteiger partial charge in [-0.1, -0.05) is 18.7 Å². The van der Waals surface area contributed by atoms with Gasteiger partial charge in [0, 0.05) is 13.1 Å². The normalized spacial score (nSPS) is 14.5. The SMILES string of the molecule is C=CC(=O)N1CC(n2cnc3cc(-c4c(O)cccc4F)ccc32)C1. The molecule has 1 aliphatic rings. The number of phenols is 1. The predicted molar refractivity (Wildman–Crippen MR) is 92.6 cm³/mol. The quantitative estimate of drug-likeness (QED) is 0.747. The highest BCUT2D eigenvalue weighted by atomic mass is 19.1. The Morgan fingerprint density at radius 3 is 2.84 bits per heavy atom. The Labute approximate surface area is 143 Å². The second-order valence-corrected chi connectivity index (χ2v) is 6.09. The molecule has 4 rings (SSSR count). The maximum atomic E-state index is 14.1. The summed E-state index contributed by atoms with van der Waals surface area (Å²) in [6, 6.07) is 9.80. The number of hydrogen-bond acceptors (Lipinski definition) is 3. The van der Waals surface area contributed by atoms with Crippen molar-refractivity contribution < 1.29 is 14.3 Å². The van der Waals surface area contributed by atoms with Crippen LogP contribution >= 0.6 is 0 Å². The van der Waals surface area contributed by atoms with E-state index in [1.165, 1.54) is 24.3 Å². The Bertz CT molecular complexity index is 969. The lowest BCUT2D eigenvalue weighted by molar-refractivity contribution is -0.131. The van der Waals surface area contributed by atoms with E-state index < -0.39 is 5.82 Å². The molecule has 1 N–H and O–H groups in total. The van der Waals surface area contributed by atoms with Crippen molar-refractivity contribution in [3.8, 4) is 16.9 Å². The van der Waals surface area contributed by atoms with Crippen molar-refractivity contribution in [1.29, 1.82) is 0 Å². The van der Waals surface area contributed by atoms with Gasteiger partial charge in [-0.25, -0.2) is 9.37 Å². The number of rotatable bonds is 3. The molecule has 0 spiro atoms. The molecule has 6 heteroatoms. The van der Waals surface area contributed by atoms with Gasteiger partial charge < -0.3 is 14.6 Å². The summed E-state index contributed by atoms with van der Waals surface area (Å²) in [5.74, 6) is -0.648. The van der Waals surface area contributed by atoms with Crippen molar-refractivity contribution in [3.05, 3.63) is 61.2 Å². The number of aromatic hydroxyl groups is 1. The molecular weight excluding hydrogens is 321 g/mol. The van der Waals surface area contributed by atoms with E-state index in [-0.39, 0.29) is 23.3 Å². The number of hydrogen-bond donors (Lipinski definition) is 1. The number of likely N-dealkylation sites (tertiary alicyclic amines) is 1. The Balaban J connectivity index is 1.67. The van der Waals surface area contributed by atoms with Crippen LogP contribution in [0, 0.1) is 5.82 Å². The zero-order valence-electron chi connectivity index (χ0n) is 13.4. The highest BCUT2D eigenvalue weighted by Crippen LogP contribution is 2.34. The first-order valence-corrected chi connectivity index (χ1v) is 7.94. The monoisotopic (exact) mass is 337 g/mol. The highest BCUT2D eigenvalue weighted by Gasteiger charge is 2.31. The molecule has 2 heterocycles. The topological polar surface area (TPSA) is 58.4 Å². The van der Waals surface area contributed by atoms with Crippen LogP contribution in [0.5, 0.6) is 5.75 Å². The number of nitrogens with zero attached hydrogens (tertiary/aromatic N) is 3. The van der Waals surface area contributed by atoms with Crippen LogP contribution in [0.2, 0.25) is 0 Å². The molecule has 25 heavy (non-hydrogen) atoms. The molecular formula is C19H16FN3O2. The molecule has 1 saturated heterocycles. The van der Waals surface area contributed by atoms with Crippen molar-refractivity contribution in [3.63, 3.8) is 0 Å². The van der Waals surface area contributed by atoms with E-state index in [0.717, 1.165) is 5.52 Å². The van der Waals surface area contributed by atoms with Gasteiger partial charge in [0.2, 0.25) is 5.91 Å². The van der Waals surface area contributed by atoms with Gasteiger partial charge in [-0.2, -0.15) is 0 Å². The fourth-order valence-corrected chi connectivity index (χ4v) is 3.22. The molecule has 1 aliphatic heterocycles. The molecule has 0 bridgehead atoms. The molecule has 0 saturated carbocycles. The van der Waals surface area contributed by atoms with Crippen molar-refractivity contribution in [1.82, 2.24) is 14.5 Å². The molecule has 3 aromatic rings. The Kier molecular flexibility index (Phi) is 3.53. The third-order valence-corrected chi connectivity index (χ3v) is 4.60. The first-order chi connectivity index (χ1) is 12.1. The first-order valence-electron chi connectivity index (χ1n) is 7.94. The lowest BCUT2D eigenvalue weighted by Crippen LogP contribution is -2.49. The molecule has 0 aliphatic carbocycles. The van der Waals surface area contributed by atoms with E-state index in [1.54, 1.807) is 23.4 Å². The molecule has 5 nitrogen and oxygen atoms in total. The van der Waals surface area contributed by atoms with Crippen LogP contribution in [0.1, 0.15) is 6.04 Å². The summed E-state index contributed by atoms with van der Waals surface area (Å²) >= 11 is 0. The van der Waals surface area contributed by atoms with Gasteiger partial charge in [-0.15, -0.1) is 0 Å². The van der Waals surface area contributed by atoms with Crippen LogP contribution < -0.4 is 0 Å². The molecule has 0 atom stereocenters. The van der Waals surface area contributed by atoms with Crippen molar-refractivity contribution in [2.45, 2.75) is 6.04 Å².